The van der Waals surface area contributed by atoms with Gasteiger partial charge in [0.15, 0.2) is 5.82 Å². The van der Waals surface area contributed by atoms with E-state index in [-0.39, 0.29) is 0 Å². The maximum atomic E-state index is 6.08. The Hall–Kier alpha value is -1.20. The molecule has 0 amide bonds. The second-order valence-corrected chi connectivity index (χ2v) is 5.93. The molecule has 2 rings (SSSR count). The van der Waals surface area contributed by atoms with Gasteiger partial charge in [0.05, 0.1) is 10.8 Å². The van der Waals surface area contributed by atoms with E-state index >= 15 is 0 Å². The molecule has 0 bridgehead atoms. The highest BCUT2D eigenvalue weighted by Crippen LogP contribution is 2.28. The van der Waals surface area contributed by atoms with Crippen LogP contribution in [0.2, 0.25) is 5.02 Å². The number of aromatic nitrogens is 2. The second-order valence-electron chi connectivity index (χ2n) is 4.51. The van der Waals surface area contributed by atoms with Gasteiger partial charge < -0.3 is 9.84 Å². The first-order valence-electron chi connectivity index (χ1n) is 6.09. The van der Waals surface area contributed by atoms with Gasteiger partial charge in [0.1, 0.15) is 0 Å². The molecule has 0 radical (unpaired) electrons. The van der Waals surface area contributed by atoms with Crippen molar-refractivity contribution in [3.63, 3.8) is 0 Å². The zero-order valence-corrected chi connectivity index (χ0v) is 12.5. The number of halogens is 1. The van der Waals surface area contributed by atoms with Crippen LogP contribution in [0.1, 0.15) is 19.7 Å². The first-order valence-corrected chi connectivity index (χ1v) is 7.45. The normalized spacial score (nSPS) is 10.9. The molecule has 0 unspecified atom stereocenters. The summed E-state index contributed by atoms with van der Waals surface area (Å²) in [5.41, 5.74) is 0. The van der Waals surface area contributed by atoms with Crippen LogP contribution in [0.3, 0.4) is 0 Å². The molecule has 0 fully saturated rings. The third kappa shape index (κ3) is 4.44. The van der Waals surface area contributed by atoms with Gasteiger partial charge in [-0.3, -0.25) is 0 Å². The van der Waals surface area contributed by atoms with Gasteiger partial charge in [-0.1, -0.05) is 42.7 Å². The Labute approximate surface area is 121 Å². The van der Waals surface area contributed by atoms with Crippen molar-refractivity contribution in [2.75, 3.05) is 11.9 Å². The van der Waals surface area contributed by atoms with Gasteiger partial charge in [-0.2, -0.15) is 4.98 Å². The maximum absolute atomic E-state index is 6.08. The van der Waals surface area contributed by atoms with Gasteiger partial charge in [-0.25, -0.2) is 0 Å². The first-order chi connectivity index (χ1) is 9.15. The molecule has 1 aromatic carbocycles. The number of hydrogen-bond donors (Lipinski definition) is 1. The third-order valence-electron chi connectivity index (χ3n) is 2.32. The predicted octanol–water partition coefficient (Wildman–Crippen LogP) is 4.08. The minimum Gasteiger partial charge on any atom is -0.337 e. The van der Waals surface area contributed by atoms with Crippen molar-refractivity contribution in [3.8, 4) is 0 Å². The Morgan fingerprint density at radius 3 is 2.89 bits per heavy atom. The average Bonchev–Trinajstić information content (AvgIpc) is 2.83. The van der Waals surface area contributed by atoms with E-state index in [1.807, 2.05) is 24.3 Å². The fourth-order valence-corrected chi connectivity index (χ4v) is 2.46. The van der Waals surface area contributed by atoms with Gasteiger partial charge in [0.2, 0.25) is 0 Å². The smallest absolute Gasteiger partial charge is 0.321 e. The summed E-state index contributed by atoms with van der Waals surface area (Å²) in [4.78, 5) is 5.29. The lowest BCUT2D eigenvalue weighted by molar-refractivity contribution is 0.423. The molecule has 0 saturated heterocycles. The van der Waals surface area contributed by atoms with Crippen LogP contribution in [0, 0.1) is 5.92 Å². The summed E-state index contributed by atoms with van der Waals surface area (Å²) in [7, 11) is 0. The third-order valence-corrected chi connectivity index (χ3v) is 3.83. The number of hydrogen-bond acceptors (Lipinski definition) is 5. The molecule has 0 atom stereocenters. The first kappa shape index (κ1) is 14.2. The van der Waals surface area contributed by atoms with Crippen molar-refractivity contribution >= 4 is 29.4 Å². The molecule has 4 nitrogen and oxygen atoms in total. The largest absolute Gasteiger partial charge is 0.337 e. The van der Waals surface area contributed by atoms with E-state index in [9.17, 15) is 0 Å². The van der Waals surface area contributed by atoms with Crippen LogP contribution < -0.4 is 5.32 Å². The SMILES string of the molecule is CC(C)CNc1nc(CSc2ccccc2Cl)no1. The molecule has 1 N–H and O–H groups in total. The van der Waals surface area contributed by atoms with Crippen molar-refractivity contribution < 1.29 is 4.52 Å². The number of benzene rings is 1. The van der Waals surface area contributed by atoms with Crippen LogP contribution in [0.15, 0.2) is 33.7 Å². The van der Waals surface area contributed by atoms with E-state index < -0.39 is 0 Å². The van der Waals surface area contributed by atoms with Gasteiger partial charge in [0, 0.05) is 11.4 Å². The lowest BCUT2D eigenvalue weighted by Gasteiger charge is -2.02. The van der Waals surface area contributed by atoms with Gasteiger partial charge in [0.25, 0.3) is 0 Å². The average molecular weight is 298 g/mol. The van der Waals surface area contributed by atoms with Crippen molar-refractivity contribution in [3.05, 3.63) is 35.1 Å². The summed E-state index contributed by atoms with van der Waals surface area (Å²) in [6.45, 7) is 5.06. The molecule has 0 aliphatic heterocycles. The maximum Gasteiger partial charge on any atom is 0.321 e. The van der Waals surface area contributed by atoms with Gasteiger partial charge in [-0.15, -0.1) is 11.8 Å². The highest BCUT2D eigenvalue weighted by atomic mass is 35.5. The van der Waals surface area contributed by atoms with Crippen molar-refractivity contribution in [1.29, 1.82) is 0 Å². The van der Waals surface area contributed by atoms with E-state index in [1.54, 1.807) is 11.8 Å². The molecule has 0 spiro atoms. The van der Waals surface area contributed by atoms with Crippen LogP contribution in [0.25, 0.3) is 0 Å². The second kappa shape index (κ2) is 6.82. The number of nitrogens with zero attached hydrogens (tertiary/aromatic N) is 2. The van der Waals surface area contributed by atoms with Crippen LogP contribution in [-0.4, -0.2) is 16.7 Å². The molecule has 6 heteroatoms. The fraction of sp³-hybridized carbons (Fsp3) is 0.385. The van der Waals surface area contributed by atoms with Crippen LogP contribution in [0.4, 0.5) is 6.01 Å². The van der Waals surface area contributed by atoms with E-state index in [1.165, 1.54) is 0 Å². The molecule has 1 heterocycles. The van der Waals surface area contributed by atoms with E-state index in [4.69, 9.17) is 16.1 Å². The molecular weight excluding hydrogens is 282 g/mol. The zero-order chi connectivity index (χ0) is 13.7. The summed E-state index contributed by atoms with van der Waals surface area (Å²) >= 11 is 7.68. The molecule has 19 heavy (non-hydrogen) atoms. The zero-order valence-electron chi connectivity index (χ0n) is 10.9. The van der Waals surface area contributed by atoms with Gasteiger partial charge >= 0.3 is 6.01 Å². The Morgan fingerprint density at radius 1 is 1.37 bits per heavy atom. The molecule has 102 valence electrons. The van der Waals surface area contributed by atoms with Crippen molar-refractivity contribution in [1.82, 2.24) is 10.1 Å². The minimum absolute atomic E-state index is 0.475. The number of anilines is 1. The summed E-state index contributed by atoms with van der Waals surface area (Å²) in [5, 5.41) is 7.77. The molecule has 2 aromatic rings. The lowest BCUT2D eigenvalue weighted by Crippen LogP contribution is -2.07. The van der Waals surface area contributed by atoms with Crippen molar-refractivity contribution in [2.45, 2.75) is 24.5 Å². The summed E-state index contributed by atoms with van der Waals surface area (Å²) < 4.78 is 5.12. The molecule has 0 aliphatic rings. The quantitative estimate of drug-likeness (QED) is 0.814. The summed E-state index contributed by atoms with van der Waals surface area (Å²) in [6, 6.07) is 8.19. The summed E-state index contributed by atoms with van der Waals surface area (Å²) in [6.07, 6.45) is 0. The molecule has 0 saturated carbocycles. The van der Waals surface area contributed by atoms with Crippen LogP contribution in [0.5, 0.6) is 0 Å². The Bertz CT molecular complexity index is 530. The topological polar surface area (TPSA) is 51.0 Å². The highest BCUT2D eigenvalue weighted by molar-refractivity contribution is 7.98. The number of thioether (sulfide) groups is 1. The predicted molar refractivity (Wildman–Crippen MR) is 78.6 cm³/mol. The summed E-state index contributed by atoms with van der Waals surface area (Å²) in [5.74, 6) is 1.83. The van der Waals surface area contributed by atoms with E-state index in [2.05, 4.69) is 29.3 Å². The van der Waals surface area contributed by atoms with Crippen LogP contribution in [-0.2, 0) is 5.75 Å². The number of rotatable bonds is 6. The molecular formula is C13H16ClN3OS. The standard InChI is InChI=1S/C13H16ClN3OS/c1-9(2)7-15-13-16-12(17-18-13)8-19-11-6-4-3-5-10(11)14/h3-6,9H,7-8H2,1-2H3,(H,15,16,17). The van der Waals surface area contributed by atoms with Gasteiger partial charge in [-0.05, 0) is 18.1 Å². The van der Waals surface area contributed by atoms with Crippen molar-refractivity contribution in [2.24, 2.45) is 5.92 Å². The Balaban J connectivity index is 1.88. The highest BCUT2D eigenvalue weighted by Gasteiger charge is 2.08. The number of nitrogens with one attached hydrogen (secondary N) is 1. The van der Waals surface area contributed by atoms with E-state index in [0.717, 1.165) is 16.5 Å². The minimum atomic E-state index is 0.475. The molecule has 0 aliphatic carbocycles. The fourth-order valence-electron chi connectivity index (χ4n) is 1.38. The Kier molecular flexibility index (Phi) is 5.10. The molecule has 1 aromatic heterocycles. The monoisotopic (exact) mass is 297 g/mol. The van der Waals surface area contributed by atoms with Crippen LogP contribution >= 0.6 is 23.4 Å². The lowest BCUT2D eigenvalue weighted by atomic mass is 10.2. The Morgan fingerprint density at radius 2 is 2.16 bits per heavy atom. The van der Waals surface area contributed by atoms with E-state index in [0.29, 0.717) is 23.5 Å².